The van der Waals surface area contributed by atoms with Gasteiger partial charge in [-0.1, -0.05) is 36.4 Å². The molecule has 0 aliphatic heterocycles. The fourth-order valence-corrected chi connectivity index (χ4v) is 4.16. The molecule has 2 N–H and O–H groups in total. The van der Waals surface area contributed by atoms with E-state index in [9.17, 15) is 13.2 Å². The van der Waals surface area contributed by atoms with Crippen LogP contribution in [0.4, 0.5) is 5.69 Å². The van der Waals surface area contributed by atoms with Gasteiger partial charge in [0.1, 0.15) is 12.4 Å². The lowest BCUT2D eigenvalue weighted by molar-refractivity contribution is 0.0950. The highest BCUT2D eigenvalue weighted by Gasteiger charge is 2.17. The summed E-state index contributed by atoms with van der Waals surface area (Å²) in [6, 6.07) is 24.0. The Hall–Kier alpha value is -4.04. The summed E-state index contributed by atoms with van der Waals surface area (Å²) in [5.41, 5.74) is 2.48. The van der Waals surface area contributed by atoms with Gasteiger partial charge < -0.3 is 14.5 Å². The molecule has 0 saturated carbocycles. The van der Waals surface area contributed by atoms with Gasteiger partial charge >= 0.3 is 0 Å². The van der Waals surface area contributed by atoms with E-state index in [-0.39, 0.29) is 22.9 Å². The SMILES string of the molecule is O=C(NCc1ccoc1)c1cccc(S(=O)(=O)Nc2ccc(OCc3ccccc3)cc2)c1. The Morgan fingerprint density at radius 3 is 2.39 bits per heavy atom. The van der Waals surface area contributed by atoms with E-state index in [1.165, 1.54) is 30.7 Å². The molecule has 7 nitrogen and oxygen atoms in total. The third-order valence-electron chi connectivity index (χ3n) is 4.79. The molecule has 1 heterocycles. The van der Waals surface area contributed by atoms with E-state index in [1.807, 2.05) is 30.3 Å². The molecular formula is C25H22N2O5S. The highest BCUT2D eigenvalue weighted by atomic mass is 32.2. The summed E-state index contributed by atoms with van der Waals surface area (Å²) in [4.78, 5) is 12.4. The van der Waals surface area contributed by atoms with Crippen molar-refractivity contribution in [2.75, 3.05) is 4.72 Å². The first-order valence-corrected chi connectivity index (χ1v) is 11.7. The standard InChI is InChI=1S/C25H22N2O5S/c28-25(26-16-20-13-14-31-17-20)21-7-4-8-24(15-21)33(29,30)27-22-9-11-23(12-10-22)32-18-19-5-2-1-3-6-19/h1-15,17,27H,16,18H2,(H,26,28). The number of anilines is 1. The van der Waals surface area contributed by atoms with Crippen LogP contribution in [0.15, 0.2) is 107 Å². The number of benzene rings is 3. The molecule has 0 unspecified atom stereocenters. The monoisotopic (exact) mass is 462 g/mol. The third kappa shape index (κ3) is 6.02. The number of amides is 1. The van der Waals surface area contributed by atoms with Gasteiger partial charge in [-0.15, -0.1) is 0 Å². The van der Waals surface area contributed by atoms with Crippen molar-refractivity contribution in [2.45, 2.75) is 18.0 Å². The number of carbonyl (C=O) groups excluding carboxylic acids is 1. The maximum atomic E-state index is 12.8. The third-order valence-corrected chi connectivity index (χ3v) is 6.17. The molecule has 3 aromatic carbocycles. The van der Waals surface area contributed by atoms with Crippen LogP contribution < -0.4 is 14.8 Å². The van der Waals surface area contributed by atoms with Gasteiger partial charge in [0.05, 0.1) is 17.4 Å². The number of nitrogens with one attached hydrogen (secondary N) is 2. The number of hydrogen-bond acceptors (Lipinski definition) is 5. The number of hydrogen-bond donors (Lipinski definition) is 2. The molecule has 4 aromatic rings. The van der Waals surface area contributed by atoms with Crippen LogP contribution in [0.5, 0.6) is 5.75 Å². The smallest absolute Gasteiger partial charge is 0.261 e. The van der Waals surface area contributed by atoms with E-state index in [1.54, 1.807) is 36.4 Å². The molecule has 0 aliphatic carbocycles. The second-order valence-corrected chi connectivity index (χ2v) is 8.93. The van der Waals surface area contributed by atoms with Crippen molar-refractivity contribution < 1.29 is 22.4 Å². The molecule has 8 heteroatoms. The number of furan rings is 1. The molecule has 0 aliphatic rings. The lowest BCUT2D eigenvalue weighted by atomic mass is 10.2. The average Bonchev–Trinajstić information content (AvgIpc) is 3.36. The van der Waals surface area contributed by atoms with Crippen LogP contribution >= 0.6 is 0 Å². The summed E-state index contributed by atoms with van der Waals surface area (Å²) >= 11 is 0. The molecule has 0 fully saturated rings. The Morgan fingerprint density at radius 1 is 0.879 bits per heavy atom. The number of carbonyl (C=O) groups is 1. The first-order valence-electron chi connectivity index (χ1n) is 10.2. The zero-order valence-corrected chi connectivity index (χ0v) is 18.4. The second-order valence-electron chi connectivity index (χ2n) is 7.25. The molecule has 0 bridgehead atoms. The van der Waals surface area contributed by atoms with Gasteiger partial charge in [-0.25, -0.2) is 8.42 Å². The Bertz CT molecular complexity index is 1300. The lowest BCUT2D eigenvalue weighted by Crippen LogP contribution is -2.23. The fraction of sp³-hybridized carbons (Fsp3) is 0.0800. The molecule has 1 amide bonds. The molecule has 0 saturated heterocycles. The minimum absolute atomic E-state index is 0.0112. The largest absolute Gasteiger partial charge is 0.489 e. The zero-order chi connectivity index (χ0) is 23.1. The molecule has 0 spiro atoms. The first kappa shape index (κ1) is 22.2. The predicted molar refractivity (Wildman–Crippen MR) is 124 cm³/mol. The van der Waals surface area contributed by atoms with E-state index in [2.05, 4.69) is 10.0 Å². The summed E-state index contributed by atoms with van der Waals surface area (Å²) in [5, 5.41) is 2.73. The van der Waals surface area contributed by atoms with E-state index in [0.717, 1.165) is 11.1 Å². The summed E-state index contributed by atoms with van der Waals surface area (Å²) in [6.45, 7) is 0.699. The predicted octanol–water partition coefficient (Wildman–Crippen LogP) is 4.59. The number of sulfonamides is 1. The highest BCUT2D eigenvalue weighted by molar-refractivity contribution is 7.92. The molecule has 0 atom stereocenters. The van der Waals surface area contributed by atoms with Crippen LogP contribution in [-0.4, -0.2) is 14.3 Å². The van der Waals surface area contributed by atoms with Crippen molar-refractivity contribution in [3.63, 3.8) is 0 Å². The molecule has 168 valence electrons. The van der Waals surface area contributed by atoms with Crippen LogP contribution in [0.2, 0.25) is 0 Å². The normalized spacial score (nSPS) is 11.0. The number of ether oxygens (including phenoxy) is 1. The summed E-state index contributed by atoms with van der Waals surface area (Å²) in [7, 11) is -3.88. The highest BCUT2D eigenvalue weighted by Crippen LogP contribution is 2.21. The van der Waals surface area contributed by atoms with Crippen molar-refractivity contribution in [1.82, 2.24) is 5.32 Å². The van der Waals surface area contributed by atoms with Crippen molar-refractivity contribution >= 4 is 21.6 Å². The average molecular weight is 463 g/mol. The summed E-state index contributed by atoms with van der Waals surface area (Å²) < 4.78 is 38.9. The van der Waals surface area contributed by atoms with E-state index < -0.39 is 10.0 Å². The van der Waals surface area contributed by atoms with E-state index >= 15 is 0 Å². The maximum absolute atomic E-state index is 12.8. The van der Waals surface area contributed by atoms with Gasteiger partial charge in [0.25, 0.3) is 15.9 Å². The maximum Gasteiger partial charge on any atom is 0.261 e. The molecule has 1 aromatic heterocycles. The van der Waals surface area contributed by atoms with Crippen molar-refractivity contribution in [3.05, 3.63) is 114 Å². The van der Waals surface area contributed by atoms with Crippen molar-refractivity contribution in [2.24, 2.45) is 0 Å². The van der Waals surface area contributed by atoms with Gasteiger partial charge in [-0.3, -0.25) is 9.52 Å². The van der Waals surface area contributed by atoms with Crippen LogP contribution in [0, 0.1) is 0 Å². The lowest BCUT2D eigenvalue weighted by Gasteiger charge is -2.11. The Balaban J connectivity index is 1.38. The molecule has 4 rings (SSSR count). The topological polar surface area (TPSA) is 97.6 Å². The van der Waals surface area contributed by atoms with E-state index in [0.29, 0.717) is 18.0 Å². The van der Waals surface area contributed by atoms with Gasteiger partial charge in [-0.2, -0.15) is 0 Å². The minimum Gasteiger partial charge on any atom is -0.489 e. The molecule has 33 heavy (non-hydrogen) atoms. The van der Waals surface area contributed by atoms with Crippen molar-refractivity contribution in [3.8, 4) is 5.75 Å². The van der Waals surface area contributed by atoms with Gasteiger partial charge in [0, 0.05) is 23.4 Å². The van der Waals surface area contributed by atoms with Gasteiger partial charge in [-0.05, 0) is 54.1 Å². The first-order chi connectivity index (χ1) is 16.0. The molecule has 0 radical (unpaired) electrons. The van der Waals surface area contributed by atoms with Crippen LogP contribution in [0.25, 0.3) is 0 Å². The molecular weight excluding hydrogens is 440 g/mol. The Labute approximate surface area is 192 Å². The second kappa shape index (κ2) is 10.1. The minimum atomic E-state index is -3.88. The van der Waals surface area contributed by atoms with Crippen molar-refractivity contribution in [1.29, 1.82) is 0 Å². The fourth-order valence-electron chi connectivity index (χ4n) is 3.06. The number of rotatable bonds is 9. The Kier molecular flexibility index (Phi) is 6.75. The summed E-state index contributed by atoms with van der Waals surface area (Å²) in [6.07, 6.45) is 3.05. The van der Waals surface area contributed by atoms with Gasteiger partial charge in [0.2, 0.25) is 0 Å². The Morgan fingerprint density at radius 2 is 1.67 bits per heavy atom. The van der Waals surface area contributed by atoms with Crippen LogP contribution in [0.1, 0.15) is 21.5 Å². The van der Waals surface area contributed by atoms with Crippen LogP contribution in [-0.2, 0) is 23.2 Å². The zero-order valence-electron chi connectivity index (χ0n) is 17.6. The quantitative estimate of drug-likeness (QED) is 0.379. The summed E-state index contributed by atoms with van der Waals surface area (Å²) in [5.74, 6) is 0.242. The van der Waals surface area contributed by atoms with E-state index in [4.69, 9.17) is 9.15 Å². The van der Waals surface area contributed by atoms with Crippen LogP contribution in [0.3, 0.4) is 0 Å². The van der Waals surface area contributed by atoms with Gasteiger partial charge in [0.15, 0.2) is 0 Å².